The molecule has 2 saturated heterocycles. The van der Waals surface area contributed by atoms with Crippen molar-refractivity contribution in [3.05, 3.63) is 10.6 Å². The number of hydrogen-bond donors (Lipinski definition) is 1. The van der Waals surface area contributed by atoms with Gasteiger partial charge in [-0.15, -0.1) is 11.3 Å². The number of anilines is 1. The number of fused-ring (bicyclic) bond motifs is 2. The Morgan fingerprint density at radius 1 is 1.29 bits per heavy atom. The second-order valence-corrected chi connectivity index (χ2v) is 7.38. The molecule has 0 aromatic carbocycles. The van der Waals surface area contributed by atoms with Crippen molar-refractivity contribution in [1.82, 2.24) is 10.3 Å². The number of methoxy groups -OCH3 is 1. The van der Waals surface area contributed by atoms with Crippen LogP contribution in [0.25, 0.3) is 0 Å². The van der Waals surface area contributed by atoms with Gasteiger partial charge < -0.3 is 19.7 Å². The fraction of sp³-hybridized carbons (Fsp3) is 0.800. The number of hydrogen-bond acceptors (Lipinski definition) is 6. The Morgan fingerprint density at radius 2 is 2.05 bits per heavy atom. The zero-order chi connectivity index (χ0) is 14.2. The molecule has 1 aromatic heterocycles. The van der Waals surface area contributed by atoms with Crippen LogP contribution in [0.2, 0.25) is 0 Å². The van der Waals surface area contributed by atoms with Gasteiger partial charge in [0.25, 0.3) is 0 Å². The monoisotopic (exact) mass is 309 g/mol. The maximum absolute atomic E-state index is 5.92. The van der Waals surface area contributed by atoms with E-state index in [2.05, 4.69) is 10.2 Å². The molecule has 1 N–H and O–H groups in total. The van der Waals surface area contributed by atoms with Gasteiger partial charge in [-0.1, -0.05) is 0 Å². The zero-order valence-electron chi connectivity index (χ0n) is 12.5. The van der Waals surface area contributed by atoms with Crippen LogP contribution in [-0.4, -0.2) is 43.4 Å². The van der Waals surface area contributed by atoms with Gasteiger partial charge in [0.15, 0.2) is 5.13 Å². The van der Waals surface area contributed by atoms with Crippen molar-refractivity contribution in [2.45, 2.75) is 57.1 Å². The van der Waals surface area contributed by atoms with E-state index in [4.69, 9.17) is 14.5 Å². The van der Waals surface area contributed by atoms with Gasteiger partial charge in [0, 0.05) is 37.7 Å². The van der Waals surface area contributed by atoms with E-state index in [1.54, 1.807) is 7.11 Å². The van der Waals surface area contributed by atoms with E-state index < -0.39 is 0 Å². The molecule has 1 aromatic rings. The highest BCUT2D eigenvalue weighted by Crippen LogP contribution is 2.33. The fourth-order valence-corrected chi connectivity index (χ4v) is 4.22. The molecule has 21 heavy (non-hydrogen) atoms. The van der Waals surface area contributed by atoms with Crippen molar-refractivity contribution in [3.63, 3.8) is 0 Å². The first-order chi connectivity index (χ1) is 10.3. The van der Waals surface area contributed by atoms with Gasteiger partial charge in [-0.25, -0.2) is 4.98 Å². The Balaban J connectivity index is 1.49. The number of rotatable bonds is 6. The highest BCUT2D eigenvalue weighted by molar-refractivity contribution is 7.15. The first kappa shape index (κ1) is 13.9. The minimum atomic E-state index is 0.409. The Labute approximate surface area is 129 Å². The summed E-state index contributed by atoms with van der Waals surface area (Å²) >= 11 is 1.82. The van der Waals surface area contributed by atoms with Crippen molar-refractivity contribution in [2.24, 2.45) is 0 Å². The Hall–Kier alpha value is -0.690. The average Bonchev–Trinajstić information content (AvgIpc) is 3.15. The van der Waals surface area contributed by atoms with Crippen LogP contribution in [0.4, 0.5) is 5.13 Å². The van der Waals surface area contributed by atoms with Crippen molar-refractivity contribution in [1.29, 1.82) is 0 Å². The molecule has 3 aliphatic rings. The van der Waals surface area contributed by atoms with E-state index in [9.17, 15) is 0 Å². The Bertz CT molecular complexity index is 491. The summed E-state index contributed by atoms with van der Waals surface area (Å²) in [5.74, 6) is 0. The van der Waals surface area contributed by atoms with Gasteiger partial charge in [-0.3, -0.25) is 0 Å². The molecule has 0 amide bonds. The molecule has 2 atom stereocenters. The second kappa shape index (κ2) is 5.83. The van der Waals surface area contributed by atoms with Gasteiger partial charge in [-0.05, 0) is 25.7 Å². The molecule has 3 heterocycles. The first-order valence-electron chi connectivity index (χ1n) is 7.93. The van der Waals surface area contributed by atoms with Crippen LogP contribution in [0.3, 0.4) is 0 Å². The number of morpholine rings is 1. The van der Waals surface area contributed by atoms with Crippen LogP contribution in [0.5, 0.6) is 0 Å². The number of nitrogens with zero attached hydrogens (tertiary/aromatic N) is 2. The number of nitrogens with one attached hydrogen (secondary N) is 1. The summed E-state index contributed by atoms with van der Waals surface area (Å²) in [5.41, 5.74) is 1.10. The van der Waals surface area contributed by atoms with Gasteiger partial charge in [0.2, 0.25) is 0 Å². The van der Waals surface area contributed by atoms with Gasteiger partial charge in [-0.2, -0.15) is 0 Å². The quantitative estimate of drug-likeness (QED) is 0.870. The number of aromatic nitrogens is 1. The van der Waals surface area contributed by atoms with Crippen molar-refractivity contribution in [3.8, 4) is 0 Å². The number of ether oxygens (including phenoxy) is 2. The lowest BCUT2D eigenvalue weighted by molar-refractivity contribution is 0.0304. The summed E-state index contributed by atoms with van der Waals surface area (Å²) in [6, 6.07) is 0.727. The third kappa shape index (κ3) is 3.08. The Morgan fingerprint density at radius 3 is 2.71 bits per heavy atom. The maximum atomic E-state index is 5.92. The normalized spacial score (nSPS) is 28.3. The Kier molecular flexibility index (Phi) is 3.87. The topological polar surface area (TPSA) is 46.6 Å². The van der Waals surface area contributed by atoms with Crippen LogP contribution in [-0.2, 0) is 22.6 Å². The highest BCUT2D eigenvalue weighted by atomic mass is 32.1. The standard InChI is InChI=1S/C15H23N3O2S/c1-19-9-13-14(6-16-10-2-3-10)21-15(17-13)18-7-11-4-5-12(8-18)20-11/h10-12,16H,2-9H2,1H3. The predicted molar refractivity (Wildman–Crippen MR) is 82.8 cm³/mol. The summed E-state index contributed by atoms with van der Waals surface area (Å²) in [6.07, 6.45) is 5.86. The molecule has 0 spiro atoms. The summed E-state index contributed by atoms with van der Waals surface area (Å²) in [4.78, 5) is 8.59. The molecule has 3 fully saturated rings. The van der Waals surface area contributed by atoms with E-state index >= 15 is 0 Å². The van der Waals surface area contributed by atoms with Crippen LogP contribution < -0.4 is 10.2 Å². The lowest BCUT2D eigenvalue weighted by atomic mass is 10.2. The minimum Gasteiger partial charge on any atom is -0.378 e. The molecule has 2 bridgehead atoms. The van der Waals surface area contributed by atoms with Gasteiger partial charge >= 0.3 is 0 Å². The maximum Gasteiger partial charge on any atom is 0.186 e. The predicted octanol–water partition coefficient (Wildman–Crippen LogP) is 1.91. The molecule has 1 saturated carbocycles. The van der Waals surface area contributed by atoms with Crippen LogP contribution in [0, 0.1) is 0 Å². The molecule has 5 nitrogen and oxygen atoms in total. The smallest absolute Gasteiger partial charge is 0.186 e. The van der Waals surface area contributed by atoms with Crippen LogP contribution in [0.15, 0.2) is 0 Å². The third-order valence-corrected chi connectivity index (χ3v) is 5.65. The van der Waals surface area contributed by atoms with E-state index in [-0.39, 0.29) is 0 Å². The van der Waals surface area contributed by atoms with E-state index in [1.807, 2.05) is 11.3 Å². The van der Waals surface area contributed by atoms with Gasteiger partial charge in [0.1, 0.15) is 0 Å². The van der Waals surface area contributed by atoms with Gasteiger partial charge in [0.05, 0.1) is 24.5 Å². The van der Waals surface area contributed by atoms with Crippen molar-refractivity contribution in [2.75, 3.05) is 25.1 Å². The molecule has 1 aliphatic carbocycles. The third-order valence-electron chi connectivity index (χ3n) is 4.49. The summed E-state index contributed by atoms with van der Waals surface area (Å²) < 4.78 is 11.2. The van der Waals surface area contributed by atoms with E-state index in [0.29, 0.717) is 18.8 Å². The molecular weight excluding hydrogens is 286 g/mol. The van der Waals surface area contributed by atoms with Crippen LogP contribution >= 0.6 is 11.3 Å². The highest BCUT2D eigenvalue weighted by Gasteiger charge is 2.35. The SMILES string of the molecule is COCc1nc(N2CC3CCC(C2)O3)sc1CNC1CC1. The summed E-state index contributed by atoms with van der Waals surface area (Å²) in [7, 11) is 1.74. The average molecular weight is 309 g/mol. The largest absolute Gasteiger partial charge is 0.378 e. The molecule has 2 unspecified atom stereocenters. The number of thiazole rings is 1. The van der Waals surface area contributed by atoms with Crippen molar-refractivity contribution < 1.29 is 9.47 Å². The summed E-state index contributed by atoms with van der Waals surface area (Å²) in [6.45, 7) is 3.52. The van der Waals surface area contributed by atoms with E-state index in [1.165, 1.54) is 30.6 Å². The molecular formula is C15H23N3O2S. The minimum absolute atomic E-state index is 0.409. The second-order valence-electron chi connectivity index (χ2n) is 6.32. The first-order valence-corrected chi connectivity index (χ1v) is 8.75. The lowest BCUT2D eigenvalue weighted by Crippen LogP contribution is -2.42. The molecule has 6 heteroatoms. The molecule has 0 radical (unpaired) electrons. The molecule has 4 rings (SSSR count). The zero-order valence-corrected chi connectivity index (χ0v) is 13.3. The van der Waals surface area contributed by atoms with E-state index in [0.717, 1.165) is 36.5 Å². The lowest BCUT2D eigenvalue weighted by Gasteiger charge is -2.31. The van der Waals surface area contributed by atoms with Crippen LogP contribution in [0.1, 0.15) is 36.3 Å². The summed E-state index contributed by atoms with van der Waals surface area (Å²) in [5, 5.41) is 4.74. The molecule has 116 valence electrons. The molecule has 2 aliphatic heterocycles. The fourth-order valence-electron chi connectivity index (χ4n) is 3.19. The van der Waals surface area contributed by atoms with Crippen molar-refractivity contribution >= 4 is 16.5 Å².